The lowest BCUT2D eigenvalue weighted by molar-refractivity contribution is 0.587. The van der Waals surface area contributed by atoms with Crippen molar-refractivity contribution in [2.75, 3.05) is 7.05 Å². The van der Waals surface area contributed by atoms with Crippen molar-refractivity contribution in [1.82, 2.24) is 5.32 Å². The molecule has 0 bridgehead atoms. The summed E-state index contributed by atoms with van der Waals surface area (Å²) in [6.07, 6.45) is 1.86. The molecule has 1 N–H and O–H groups in total. The molecule has 0 aliphatic heterocycles. The first kappa shape index (κ1) is 12.2. The molecule has 0 saturated carbocycles. The second-order valence-corrected chi connectivity index (χ2v) is 5.71. The topological polar surface area (TPSA) is 25.2 Å². The highest BCUT2D eigenvalue weighted by molar-refractivity contribution is 5.84. The van der Waals surface area contributed by atoms with E-state index >= 15 is 0 Å². The molecule has 92 valence electrons. The summed E-state index contributed by atoms with van der Waals surface area (Å²) in [7, 11) is 1.96. The van der Waals surface area contributed by atoms with Crippen molar-refractivity contribution in [2.24, 2.45) is 0 Å². The molecule has 0 spiro atoms. The first-order valence-corrected chi connectivity index (χ1v) is 6.09. The summed E-state index contributed by atoms with van der Waals surface area (Å²) in [6.45, 7) is 9.69. The monoisotopic (exact) mass is 231 g/mol. The van der Waals surface area contributed by atoms with Crippen LogP contribution in [0.5, 0.6) is 0 Å². The minimum atomic E-state index is 0.174. The molecule has 0 fully saturated rings. The summed E-state index contributed by atoms with van der Waals surface area (Å²) in [6, 6.07) is 4.49. The van der Waals surface area contributed by atoms with Crippen LogP contribution in [0.25, 0.3) is 11.0 Å². The fraction of sp³-hybridized carbons (Fsp3) is 0.467. The standard InChI is InChI=1S/C15H21NO/c1-10-6-12(15(2,3)4)7-13-11(8-16-5)9-17-14(10)13/h6-7,9,16H,8H2,1-5H3. The van der Waals surface area contributed by atoms with Gasteiger partial charge in [0.15, 0.2) is 0 Å². The van der Waals surface area contributed by atoms with E-state index in [-0.39, 0.29) is 5.41 Å². The summed E-state index contributed by atoms with van der Waals surface area (Å²) in [4.78, 5) is 0. The summed E-state index contributed by atoms with van der Waals surface area (Å²) in [5, 5.41) is 4.42. The van der Waals surface area contributed by atoms with Crippen molar-refractivity contribution in [3.05, 3.63) is 35.1 Å². The van der Waals surface area contributed by atoms with Crippen molar-refractivity contribution in [1.29, 1.82) is 0 Å². The highest BCUT2D eigenvalue weighted by atomic mass is 16.3. The number of fused-ring (bicyclic) bond motifs is 1. The van der Waals surface area contributed by atoms with Crippen molar-refractivity contribution in [3.8, 4) is 0 Å². The van der Waals surface area contributed by atoms with Crippen LogP contribution in [0, 0.1) is 6.92 Å². The van der Waals surface area contributed by atoms with E-state index in [1.54, 1.807) is 0 Å². The highest BCUT2D eigenvalue weighted by Crippen LogP contribution is 2.31. The molecular formula is C15H21NO. The molecule has 2 heteroatoms. The molecule has 1 heterocycles. The maximum Gasteiger partial charge on any atom is 0.137 e. The van der Waals surface area contributed by atoms with Gasteiger partial charge in [-0.3, -0.25) is 0 Å². The number of benzene rings is 1. The molecule has 1 aromatic heterocycles. The predicted molar refractivity (Wildman–Crippen MR) is 72.4 cm³/mol. The number of aryl methyl sites for hydroxylation is 1. The van der Waals surface area contributed by atoms with Gasteiger partial charge in [-0.05, 0) is 36.6 Å². The van der Waals surface area contributed by atoms with Gasteiger partial charge in [0.05, 0.1) is 6.26 Å². The third-order valence-corrected chi connectivity index (χ3v) is 3.17. The lowest BCUT2D eigenvalue weighted by Gasteiger charge is -2.19. The Morgan fingerprint density at radius 1 is 1.24 bits per heavy atom. The number of furan rings is 1. The van der Waals surface area contributed by atoms with Gasteiger partial charge in [0.1, 0.15) is 5.58 Å². The molecule has 0 unspecified atom stereocenters. The van der Waals surface area contributed by atoms with Gasteiger partial charge in [0.2, 0.25) is 0 Å². The molecule has 0 saturated heterocycles. The summed E-state index contributed by atoms with van der Waals surface area (Å²) >= 11 is 0. The van der Waals surface area contributed by atoms with Crippen LogP contribution in [0.3, 0.4) is 0 Å². The van der Waals surface area contributed by atoms with E-state index in [4.69, 9.17) is 4.42 Å². The van der Waals surface area contributed by atoms with Gasteiger partial charge in [-0.15, -0.1) is 0 Å². The Kier molecular flexibility index (Phi) is 3.00. The normalized spacial score (nSPS) is 12.3. The van der Waals surface area contributed by atoms with Gasteiger partial charge in [-0.1, -0.05) is 26.8 Å². The number of hydrogen-bond acceptors (Lipinski definition) is 2. The Balaban J connectivity index is 2.65. The molecule has 0 amide bonds. The van der Waals surface area contributed by atoms with Crippen molar-refractivity contribution in [3.63, 3.8) is 0 Å². The smallest absolute Gasteiger partial charge is 0.137 e. The first-order valence-electron chi connectivity index (χ1n) is 6.09. The van der Waals surface area contributed by atoms with Crippen LogP contribution in [-0.2, 0) is 12.0 Å². The van der Waals surface area contributed by atoms with Gasteiger partial charge in [0, 0.05) is 17.5 Å². The van der Waals surface area contributed by atoms with Crippen LogP contribution >= 0.6 is 0 Å². The number of rotatable bonds is 2. The maximum atomic E-state index is 5.66. The van der Waals surface area contributed by atoms with Crippen LogP contribution in [-0.4, -0.2) is 7.05 Å². The Hall–Kier alpha value is -1.28. The van der Waals surface area contributed by atoms with E-state index in [1.807, 2.05) is 13.3 Å². The van der Waals surface area contributed by atoms with Crippen molar-refractivity contribution < 1.29 is 4.42 Å². The zero-order valence-electron chi connectivity index (χ0n) is 11.3. The molecule has 0 atom stereocenters. The quantitative estimate of drug-likeness (QED) is 0.851. The van der Waals surface area contributed by atoms with Gasteiger partial charge in [-0.2, -0.15) is 0 Å². The third kappa shape index (κ3) is 2.22. The molecule has 2 rings (SSSR count). The van der Waals surface area contributed by atoms with E-state index in [1.165, 1.54) is 22.1 Å². The number of hydrogen-bond donors (Lipinski definition) is 1. The molecular weight excluding hydrogens is 210 g/mol. The number of nitrogens with one attached hydrogen (secondary N) is 1. The molecule has 1 aromatic carbocycles. The second-order valence-electron chi connectivity index (χ2n) is 5.71. The van der Waals surface area contributed by atoms with E-state index in [9.17, 15) is 0 Å². The molecule has 2 aromatic rings. The summed E-state index contributed by atoms with van der Waals surface area (Å²) in [5.74, 6) is 0. The Morgan fingerprint density at radius 2 is 1.94 bits per heavy atom. The van der Waals surface area contributed by atoms with Gasteiger partial charge >= 0.3 is 0 Å². The van der Waals surface area contributed by atoms with E-state index < -0.39 is 0 Å². The predicted octanol–water partition coefficient (Wildman–Crippen LogP) is 3.76. The van der Waals surface area contributed by atoms with Gasteiger partial charge < -0.3 is 9.73 Å². The molecule has 0 radical (unpaired) electrons. The average molecular weight is 231 g/mol. The third-order valence-electron chi connectivity index (χ3n) is 3.17. The lowest BCUT2D eigenvalue weighted by Crippen LogP contribution is -2.11. The average Bonchev–Trinajstić information content (AvgIpc) is 2.61. The van der Waals surface area contributed by atoms with E-state index in [0.29, 0.717) is 0 Å². The Labute approximate surface area is 103 Å². The van der Waals surface area contributed by atoms with Crippen LogP contribution in [0.2, 0.25) is 0 Å². The van der Waals surface area contributed by atoms with Gasteiger partial charge in [0.25, 0.3) is 0 Å². The highest BCUT2D eigenvalue weighted by Gasteiger charge is 2.17. The minimum absolute atomic E-state index is 0.174. The zero-order valence-corrected chi connectivity index (χ0v) is 11.3. The van der Waals surface area contributed by atoms with Crippen LogP contribution in [0.1, 0.15) is 37.5 Å². The summed E-state index contributed by atoms with van der Waals surface area (Å²) < 4.78 is 5.66. The fourth-order valence-corrected chi connectivity index (χ4v) is 2.12. The molecule has 2 nitrogen and oxygen atoms in total. The Morgan fingerprint density at radius 3 is 2.53 bits per heavy atom. The van der Waals surface area contributed by atoms with E-state index in [0.717, 1.165) is 12.1 Å². The van der Waals surface area contributed by atoms with Crippen LogP contribution in [0.4, 0.5) is 0 Å². The molecule has 0 aliphatic carbocycles. The second kappa shape index (κ2) is 4.19. The molecule has 17 heavy (non-hydrogen) atoms. The Bertz CT molecular complexity index is 532. The lowest BCUT2D eigenvalue weighted by atomic mass is 9.85. The largest absolute Gasteiger partial charge is 0.464 e. The SMILES string of the molecule is CNCc1coc2c(C)cc(C(C)(C)C)cc12. The van der Waals surface area contributed by atoms with Crippen molar-refractivity contribution >= 4 is 11.0 Å². The summed E-state index contributed by atoms with van der Waals surface area (Å²) in [5.41, 5.74) is 5.00. The minimum Gasteiger partial charge on any atom is -0.464 e. The van der Waals surface area contributed by atoms with Crippen LogP contribution < -0.4 is 5.32 Å². The molecule has 0 aliphatic rings. The van der Waals surface area contributed by atoms with Crippen molar-refractivity contribution in [2.45, 2.75) is 39.7 Å². The van der Waals surface area contributed by atoms with Gasteiger partial charge in [-0.25, -0.2) is 0 Å². The fourth-order valence-electron chi connectivity index (χ4n) is 2.12. The van der Waals surface area contributed by atoms with E-state index in [2.05, 4.69) is 45.1 Å². The first-order chi connectivity index (χ1) is 7.93. The zero-order chi connectivity index (χ0) is 12.6. The maximum absolute atomic E-state index is 5.66. The van der Waals surface area contributed by atoms with Crippen LogP contribution in [0.15, 0.2) is 22.8 Å².